The summed E-state index contributed by atoms with van der Waals surface area (Å²) in [7, 11) is 3.40. The fraction of sp³-hybridized carbons (Fsp3) is 0.500. The molecule has 0 aliphatic rings. The second-order valence-corrected chi connectivity index (χ2v) is 6.64. The molecule has 0 saturated carbocycles. The Bertz CT molecular complexity index is 746. The summed E-state index contributed by atoms with van der Waals surface area (Å²) in [6.45, 7) is 6.25. The van der Waals surface area contributed by atoms with Gasteiger partial charge in [0.05, 0.1) is 12.1 Å². The molecule has 130 valence electrons. The molecule has 0 spiro atoms. The molecule has 1 N–H and O–H groups in total. The molecular formula is C16H23N5O3. The highest BCUT2D eigenvalue weighted by atomic mass is 16.6. The van der Waals surface area contributed by atoms with Crippen LogP contribution >= 0.6 is 0 Å². The van der Waals surface area contributed by atoms with Crippen LogP contribution in [0.1, 0.15) is 31.1 Å². The lowest BCUT2D eigenvalue weighted by molar-refractivity contribution is 0.0525. The van der Waals surface area contributed by atoms with Crippen molar-refractivity contribution in [3.63, 3.8) is 0 Å². The van der Waals surface area contributed by atoms with Gasteiger partial charge >= 0.3 is 6.09 Å². The van der Waals surface area contributed by atoms with Gasteiger partial charge in [0.25, 0.3) is 5.91 Å². The first-order valence-electron chi connectivity index (χ1n) is 7.69. The van der Waals surface area contributed by atoms with Crippen molar-refractivity contribution < 1.29 is 14.3 Å². The van der Waals surface area contributed by atoms with Gasteiger partial charge in [-0.1, -0.05) is 5.21 Å². The van der Waals surface area contributed by atoms with Crippen LogP contribution in [0, 0.1) is 0 Å². The Morgan fingerprint density at radius 3 is 2.62 bits per heavy atom. The van der Waals surface area contributed by atoms with Gasteiger partial charge in [-0.2, -0.15) is 0 Å². The maximum Gasteiger partial charge on any atom is 0.407 e. The molecule has 24 heavy (non-hydrogen) atoms. The molecule has 2 aromatic rings. The number of benzene rings is 1. The number of nitrogens with one attached hydrogen (secondary N) is 1. The molecule has 0 unspecified atom stereocenters. The Balaban J connectivity index is 2.01. The number of nitrogens with zero attached hydrogens (tertiary/aromatic N) is 4. The van der Waals surface area contributed by atoms with E-state index >= 15 is 0 Å². The smallest absolute Gasteiger partial charge is 0.407 e. The summed E-state index contributed by atoms with van der Waals surface area (Å²) in [4.78, 5) is 25.1. The molecule has 8 nitrogen and oxygen atoms in total. The molecule has 0 radical (unpaired) electrons. The molecule has 0 aliphatic carbocycles. The van der Waals surface area contributed by atoms with E-state index in [0.717, 1.165) is 5.52 Å². The lowest BCUT2D eigenvalue weighted by Gasteiger charge is -2.19. The Hall–Kier alpha value is -2.64. The Labute approximate surface area is 140 Å². The van der Waals surface area contributed by atoms with E-state index in [1.165, 1.54) is 4.90 Å². The summed E-state index contributed by atoms with van der Waals surface area (Å²) < 4.78 is 6.85. The van der Waals surface area contributed by atoms with Gasteiger partial charge in [-0.15, -0.1) is 5.10 Å². The summed E-state index contributed by atoms with van der Waals surface area (Å²) in [6.07, 6.45) is -0.467. The number of ether oxygens (including phenoxy) is 1. The summed E-state index contributed by atoms with van der Waals surface area (Å²) in [5.74, 6) is -0.0851. The van der Waals surface area contributed by atoms with Gasteiger partial charge in [-0.25, -0.2) is 9.48 Å². The van der Waals surface area contributed by atoms with Crippen molar-refractivity contribution >= 4 is 23.0 Å². The molecule has 8 heteroatoms. The number of hydrogen-bond acceptors (Lipinski definition) is 5. The lowest BCUT2D eigenvalue weighted by atomic mass is 10.2. The summed E-state index contributed by atoms with van der Waals surface area (Å²) in [6, 6.07) is 5.26. The average molecular weight is 333 g/mol. The van der Waals surface area contributed by atoms with E-state index in [9.17, 15) is 9.59 Å². The van der Waals surface area contributed by atoms with Crippen LogP contribution in [0.3, 0.4) is 0 Å². The van der Waals surface area contributed by atoms with Crippen molar-refractivity contribution in [2.75, 3.05) is 20.6 Å². The molecule has 2 rings (SSSR count). The van der Waals surface area contributed by atoms with E-state index in [2.05, 4.69) is 15.6 Å². The fourth-order valence-electron chi connectivity index (χ4n) is 2.11. The van der Waals surface area contributed by atoms with Crippen LogP contribution in [0.4, 0.5) is 4.79 Å². The van der Waals surface area contributed by atoms with Gasteiger partial charge in [0, 0.05) is 26.2 Å². The van der Waals surface area contributed by atoms with Crippen LogP contribution < -0.4 is 5.32 Å². The molecule has 0 fully saturated rings. The Morgan fingerprint density at radius 1 is 1.29 bits per heavy atom. The lowest BCUT2D eigenvalue weighted by Crippen LogP contribution is -2.34. The number of alkyl carbamates (subject to hydrolysis) is 1. The van der Waals surface area contributed by atoms with Gasteiger partial charge in [0.2, 0.25) is 0 Å². The van der Waals surface area contributed by atoms with E-state index in [0.29, 0.717) is 24.2 Å². The number of hydrogen-bond donors (Lipinski definition) is 1. The highest BCUT2D eigenvalue weighted by molar-refractivity contribution is 5.96. The summed E-state index contributed by atoms with van der Waals surface area (Å²) >= 11 is 0. The first-order valence-corrected chi connectivity index (χ1v) is 7.69. The normalized spacial score (nSPS) is 11.4. The van der Waals surface area contributed by atoms with Crippen molar-refractivity contribution in [2.24, 2.45) is 0 Å². The molecule has 1 heterocycles. The average Bonchev–Trinajstić information content (AvgIpc) is 2.87. The van der Waals surface area contributed by atoms with Crippen LogP contribution in [-0.4, -0.2) is 58.1 Å². The standard InChI is InChI=1S/C16H23N5O3/c1-16(2,3)24-15(23)17-8-9-21-13-7-6-11(14(22)20(4)5)10-12(13)18-19-21/h6-7,10H,8-9H2,1-5H3,(H,17,23). The first-order chi connectivity index (χ1) is 11.2. The molecule has 0 saturated heterocycles. The number of fused-ring (bicyclic) bond motifs is 1. The van der Waals surface area contributed by atoms with E-state index in [1.807, 2.05) is 20.8 Å². The quantitative estimate of drug-likeness (QED) is 0.919. The molecule has 0 atom stereocenters. The molecular weight excluding hydrogens is 310 g/mol. The van der Waals surface area contributed by atoms with E-state index in [1.54, 1.807) is 37.0 Å². The minimum atomic E-state index is -0.528. The Morgan fingerprint density at radius 2 is 2.00 bits per heavy atom. The summed E-state index contributed by atoms with van der Waals surface area (Å²) in [5.41, 5.74) is 1.47. The molecule has 0 bridgehead atoms. The zero-order valence-corrected chi connectivity index (χ0v) is 14.7. The van der Waals surface area contributed by atoms with Gasteiger partial charge in [-0.05, 0) is 39.0 Å². The second kappa shape index (κ2) is 6.86. The zero-order valence-electron chi connectivity index (χ0n) is 14.7. The minimum absolute atomic E-state index is 0.0851. The Kier molecular flexibility index (Phi) is 5.06. The highest BCUT2D eigenvalue weighted by Crippen LogP contribution is 2.14. The van der Waals surface area contributed by atoms with E-state index in [4.69, 9.17) is 4.74 Å². The van der Waals surface area contributed by atoms with Crippen molar-refractivity contribution in [3.8, 4) is 0 Å². The van der Waals surface area contributed by atoms with Gasteiger partial charge in [0.15, 0.2) is 0 Å². The second-order valence-electron chi connectivity index (χ2n) is 6.64. The number of aromatic nitrogens is 3. The topological polar surface area (TPSA) is 89.4 Å². The SMILES string of the molecule is CN(C)C(=O)c1ccc2c(c1)nnn2CCNC(=O)OC(C)(C)C. The highest BCUT2D eigenvalue weighted by Gasteiger charge is 2.16. The zero-order chi connectivity index (χ0) is 17.9. The van der Waals surface area contributed by atoms with Crippen molar-refractivity contribution in [1.29, 1.82) is 0 Å². The number of carbonyl (C=O) groups is 2. The van der Waals surface area contributed by atoms with Crippen LogP contribution in [0.2, 0.25) is 0 Å². The van der Waals surface area contributed by atoms with Crippen LogP contribution in [0.15, 0.2) is 18.2 Å². The molecule has 2 amide bonds. The predicted octanol–water partition coefficient (Wildman–Crippen LogP) is 1.66. The first kappa shape index (κ1) is 17.7. The van der Waals surface area contributed by atoms with Gasteiger partial charge in [-0.3, -0.25) is 4.79 Å². The molecule has 0 aliphatic heterocycles. The van der Waals surface area contributed by atoms with Crippen LogP contribution in [-0.2, 0) is 11.3 Å². The van der Waals surface area contributed by atoms with E-state index in [-0.39, 0.29) is 5.91 Å². The molecule has 1 aromatic carbocycles. The van der Waals surface area contributed by atoms with Gasteiger partial charge < -0.3 is 15.0 Å². The third-order valence-corrected chi connectivity index (χ3v) is 3.16. The third kappa shape index (κ3) is 4.43. The number of rotatable bonds is 4. The molecule has 1 aromatic heterocycles. The monoisotopic (exact) mass is 333 g/mol. The van der Waals surface area contributed by atoms with Crippen molar-refractivity contribution in [3.05, 3.63) is 23.8 Å². The van der Waals surface area contributed by atoms with Crippen LogP contribution in [0.5, 0.6) is 0 Å². The minimum Gasteiger partial charge on any atom is -0.444 e. The number of amides is 2. The van der Waals surface area contributed by atoms with Crippen molar-refractivity contribution in [2.45, 2.75) is 32.9 Å². The van der Waals surface area contributed by atoms with E-state index < -0.39 is 11.7 Å². The number of carbonyl (C=O) groups excluding carboxylic acids is 2. The van der Waals surface area contributed by atoms with Gasteiger partial charge in [0.1, 0.15) is 11.1 Å². The maximum absolute atomic E-state index is 12.0. The fourth-order valence-corrected chi connectivity index (χ4v) is 2.11. The van der Waals surface area contributed by atoms with Crippen molar-refractivity contribution in [1.82, 2.24) is 25.2 Å². The third-order valence-electron chi connectivity index (χ3n) is 3.16. The summed E-state index contributed by atoms with van der Waals surface area (Å²) in [5, 5.41) is 10.8. The predicted molar refractivity (Wildman–Crippen MR) is 89.8 cm³/mol. The maximum atomic E-state index is 12.0. The largest absolute Gasteiger partial charge is 0.444 e. The van der Waals surface area contributed by atoms with Crippen LogP contribution in [0.25, 0.3) is 11.0 Å².